The number of unbranched alkanes of at least 4 members (excludes halogenated alkanes) is 1. The number of hydrogen-bond acceptors (Lipinski definition) is 3. The molecule has 3 nitrogen and oxygen atoms in total. The molecule has 0 amide bonds. The summed E-state index contributed by atoms with van der Waals surface area (Å²) in [6.45, 7) is 6.32. The lowest BCUT2D eigenvalue weighted by Crippen LogP contribution is -2.15. The third-order valence-corrected chi connectivity index (χ3v) is 5.09. The van der Waals surface area contributed by atoms with Crippen LogP contribution in [0.5, 0.6) is 0 Å². The van der Waals surface area contributed by atoms with Gasteiger partial charge in [0.05, 0.1) is 11.0 Å². The fourth-order valence-corrected chi connectivity index (χ4v) is 3.60. The van der Waals surface area contributed by atoms with Crippen molar-refractivity contribution in [3.05, 3.63) is 30.3 Å². The van der Waals surface area contributed by atoms with Crippen LogP contribution in [0.15, 0.2) is 35.2 Å². The van der Waals surface area contributed by atoms with Gasteiger partial charge in [-0.25, -0.2) is 0 Å². The molecule has 1 aromatic carbocycles. The Morgan fingerprint density at radius 3 is 2.24 bits per heavy atom. The van der Waals surface area contributed by atoms with Gasteiger partial charge in [-0.2, -0.15) is 8.42 Å². The predicted molar refractivity (Wildman–Crippen MR) is 86.7 cm³/mol. The van der Waals surface area contributed by atoms with E-state index >= 15 is 0 Å². The standard InChI is InChI=1S/C17H28O3S/c1-4-10-15(2)11-8-9-12-16(3)20-21(18,19)17-13-6-5-7-14-17/h5-7,13-16H,4,8-12H2,1-3H3. The third-order valence-electron chi connectivity index (χ3n) is 3.66. The van der Waals surface area contributed by atoms with Crippen LogP contribution >= 0.6 is 0 Å². The highest BCUT2D eigenvalue weighted by molar-refractivity contribution is 7.86. The van der Waals surface area contributed by atoms with E-state index in [9.17, 15) is 8.42 Å². The van der Waals surface area contributed by atoms with Gasteiger partial charge in [-0.1, -0.05) is 64.2 Å². The van der Waals surface area contributed by atoms with Crippen molar-refractivity contribution < 1.29 is 12.6 Å². The highest BCUT2D eigenvalue weighted by atomic mass is 32.2. The van der Waals surface area contributed by atoms with Gasteiger partial charge in [0.1, 0.15) is 0 Å². The first-order chi connectivity index (χ1) is 9.95. The fourth-order valence-electron chi connectivity index (χ4n) is 2.47. The summed E-state index contributed by atoms with van der Waals surface area (Å²) in [6, 6.07) is 8.33. The SMILES string of the molecule is CCCC(C)CCCCC(C)OS(=O)(=O)c1ccccc1. The number of benzene rings is 1. The molecule has 0 N–H and O–H groups in total. The van der Waals surface area contributed by atoms with Crippen molar-refractivity contribution >= 4 is 10.1 Å². The van der Waals surface area contributed by atoms with Gasteiger partial charge in [0.15, 0.2) is 0 Å². The molecular weight excluding hydrogens is 284 g/mol. The number of hydrogen-bond donors (Lipinski definition) is 0. The first kappa shape index (κ1) is 18.2. The van der Waals surface area contributed by atoms with Crippen LogP contribution in [-0.4, -0.2) is 14.5 Å². The molecule has 2 unspecified atom stereocenters. The lowest BCUT2D eigenvalue weighted by atomic mass is 9.98. The Bertz CT molecular complexity index is 482. The van der Waals surface area contributed by atoms with Gasteiger partial charge >= 0.3 is 0 Å². The van der Waals surface area contributed by atoms with Crippen molar-refractivity contribution in [3.8, 4) is 0 Å². The molecular formula is C17H28O3S. The molecule has 0 radical (unpaired) electrons. The minimum Gasteiger partial charge on any atom is -0.263 e. The predicted octanol–water partition coefficient (Wildman–Crippen LogP) is 4.78. The number of rotatable bonds is 10. The van der Waals surface area contributed by atoms with E-state index in [0.717, 1.165) is 25.2 Å². The van der Waals surface area contributed by atoms with Crippen LogP contribution in [0.25, 0.3) is 0 Å². The summed E-state index contributed by atoms with van der Waals surface area (Å²) >= 11 is 0. The summed E-state index contributed by atoms with van der Waals surface area (Å²) in [7, 11) is -3.62. The minimum atomic E-state index is -3.62. The highest BCUT2D eigenvalue weighted by Gasteiger charge is 2.18. The smallest absolute Gasteiger partial charge is 0.263 e. The first-order valence-corrected chi connectivity index (χ1v) is 9.35. The largest absolute Gasteiger partial charge is 0.297 e. The van der Waals surface area contributed by atoms with Gasteiger partial charge in [0.2, 0.25) is 0 Å². The molecule has 0 saturated heterocycles. The van der Waals surface area contributed by atoms with E-state index < -0.39 is 10.1 Å². The highest BCUT2D eigenvalue weighted by Crippen LogP contribution is 2.18. The summed E-state index contributed by atoms with van der Waals surface area (Å²) in [4.78, 5) is 0.230. The molecule has 0 heterocycles. The van der Waals surface area contributed by atoms with Crippen molar-refractivity contribution in [2.45, 2.75) is 70.3 Å². The molecule has 0 aliphatic carbocycles. The Morgan fingerprint density at radius 2 is 1.62 bits per heavy atom. The fraction of sp³-hybridized carbons (Fsp3) is 0.647. The van der Waals surface area contributed by atoms with E-state index in [0.29, 0.717) is 0 Å². The Morgan fingerprint density at radius 1 is 1.00 bits per heavy atom. The summed E-state index contributed by atoms with van der Waals surface area (Å²) in [5.41, 5.74) is 0. The maximum absolute atomic E-state index is 12.0. The van der Waals surface area contributed by atoms with Crippen LogP contribution in [-0.2, 0) is 14.3 Å². The molecule has 2 atom stereocenters. The summed E-state index contributed by atoms with van der Waals surface area (Å²) in [5, 5.41) is 0. The van der Waals surface area contributed by atoms with Crippen LogP contribution in [0.3, 0.4) is 0 Å². The van der Waals surface area contributed by atoms with Gasteiger partial charge in [-0.3, -0.25) is 4.18 Å². The second kappa shape index (κ2) is 9.21. The Hall–Kier alpha value is -0.870. The Labute approximate surface area is 129 Å². The zero-order chi connectivity index (χ0) is 15.7. The van der Waals surface area contributed by atoms with Crippen molar-refractivity contribution in [1.82, 2.24) is 0 Å². The van der Waals surface area contributed by atoms with Gasteiger partial charge in [-0.15, -0.1) is 0 Å². The van der Waals surface area contributed by atoms with Crippen molar-refractivity contribution in [3.63, 3.8) is 0 Å². The van der Waals surface area contributed by atoms with Crippen molar-refractivity contribution in [1.29, 1.82) is 0 Å². The molecule has 0 aromatic heterocycles. The summed E-state index contributed by atoms with van der Waals surface area (Å²) < 4.78 is 29.3. The van der Waals surface area contributed by atoms with Crippen LogP contribution in [0.4, 0.5) is 0 Å². The molecule has 0 aliphatic heterocycles. The zero-order valence-electron chi connectivity index (χ0n) is 13.4. The molecule has 0 bridgehead atoms. The van der Waals surface area contributed by atoms with E-state index in [1.165, 1.54) is 19.3 Å². The van der Waals surface area contributed by atoms with Crippen LogP contribution in [0, 0.1) is 5.92 Å². The third kappa shape index (κ3) is 7.09. The molecule has 0 fully saturated rings. The van der Waals surface area contributed by atoms with Crippen LogP contribution < -0.4 is 0 Å². The topological polar surface area (TPSA) is 43.4 Å². The monoisotopic (exact) mass is 312 g/mol. The molecule has 1 rings (SSSR count). The molecule has 1 aromatic rings. The molecule has 0 saturated carbocycles. The maximum Gasteiger partial charge on any atom is 0.297 e. The molecule has 21 heavy (non-hydrogen) atoms. The summed E-state index contributed by atoms with van der Waals surface area (Å²) in [5.74, 6) is 0.763. The molecule has 120 valence electrons. The minimum absolute atomic E-state index is 0.230. The Balaban J connectivity index is 2.32. The second-order valence-electron chi connectivity index (χ2n) is 5.85. The van der Waals surface area contributed by atoms with Gasteiger partial charge in [0, 0.05) is 0 Å². The first-order valence-electron chi connectivity index (χ1n) is 7.94. The summed E-state index contributed by atoms with van der Waals surface area (Å²) in [6.07, 6.45) is 6.39. The van der Waals surface area contributed by atoms with E-state index in [-0.39, 0.29) is 11.0 Å². The van der Waals surface area contributed by atoms with Gasteiger partial charge in [0.25, 0.3) is 10.1 Å². The van der Waals surface area contributed by atoms with E-state index in [4.69, 9.17) is 4.18 Å². The molecule has 0 aliphatic rings. The lowest BCUT2D eigenvalue weighted by molar-refractivity contribution is 0.212. The second-order valence-corrected chi connectivity index (χ2v) is 7.42. The molecule has 4 heteroatoms. The average molecular weight is 312 g/mol. The van der Waals surface area contributed by atoms with E-state index in [1.54, 1.807) is 30.3 Å². The Kier molecular flexibility index (Phi) is 7.97. The van der Waals surface area contributed by atoms with E-state index in [1.807, 2.05) is 6.92 Å². The van der Waals surface area contributed by atoms with Crippen molar-refractivity contribution in [2.24, 2.45) is 5.92 Å². The lowest BCUT2D eigenvalue weighted by Gasteiger charge is -2.14. The maximum atomic E-state index is 12.0. The van der Waals surface area contributed by atoms with Gasteiger partial charge < -0.3 is 0 Å². The van der Waals surface area contributed by atoms with Gasteiger partial charge in [-0.05, 0) is 31.4 Å². The average Bonchev–Trinajstić information content (AvgIpc) is 2.44. The quantitative estimate of drug-likeness (QED) is 0.461. The zero-order valence-corrected chi connectivity index (χ0v) is 14.2. The van der Waals surface area contributed by atoms with Crippen LogP contribution in [0.1, 0.15) is 59.3 Å². The molecule has 0 spiro atoms. The normalized spacial score (nSPS) is 14.8. The van der Waals surface area contributed by atoms with E-state index in [2.05, 4.69) is 13.8 Å². The van der Waals surface area contributed by atoms with Crippen molar-refractivity contribution in [2.75, 3.05) is 0 Å². The van der Waals surface area contributed by atoms with Crippen LogP contribution in [0.2, 0.25) is 0 Å².